The van der Waals surface area contributed by atoms with Gasteiger partial charge >= 0.3 is 24.2 Å². The Morgan fingerprint density at radius 2 is 1.43 bits per heavy atom. The number of piperidine rings is 1. The summed E-state index contributed by atoms with van der Waals surface area (Å²) in [4.78, 5) is 0. The number of likely N-dealkylation sites (tertiary alicyclic amines) is 1. The van der Waals surface area contributed by atoms with Crippen LogP contribution in [0.4, 0.5) is 35.1 Å². The summed E-state index contributed by atoms with van der Waals surface area (Å²) in [5, 5.41) is 0. The van der Waals surface area contributed by atoms with E-state index in [2.05, 4.69) is 4.74 Å². The molecule has 1 aliphatic rings. The zero-order valence-electron chi connectivity index (χ0n) is 12.8. The summed E-state index contributed by atoms with van der Waals surface area (Å²) < 4.78 is 107. The second-order valence-corrected chi connectivity index (χ2v) is 6.10. The van der Waals surface area contributed by atoms with Crippen molar-refractivity contribution in [2.24, 2.45) is 0 Å². The van der Waals surface area contributed by atoms with Crippen LogP contribution < -0.4 is 0 Å². The molecule has 0 aromatic carbocycles. The minimum atomic E-state index is -6.21. The van der Waals surface area contributed by atoms with Crippen molar-refractivity contribution in [3.63, 3.8) is 0 Å². The second-order valence-electron chi connectivity index (χ2n) is 6.10. The van der Waals surface area contributed by atoms with Crippen molar-refractivity contribution in [1.29, 1.82) is 0 Å². The van der Waals surface area contributed by atoms with Gasteiger partial charge in [0, 0.05) is 6.92 Å². The van der Waals surface area contributed by atoms with Gasteiger partial charge in [-0.1, -0.05) is 0 Å². The smallest absolute Gasteiger partial charge is 0.323 e. The quantitative estimate of drug-likeness (QED) is 0.491. The molecule has 0 bridgehead atoms. The van der Waals surface area contributed by atoms with Crippen molar-refractivity contribution in [3.05, 3.63) is 0 Å². The van der Waals surface area contributed by atoms with Crippen molar-refractivity contribution >= 4 is 0 Å². The highest BCUT2D eigenvalue weighted by molar-refractivity contribution is 4.97. The normalized spacial score (nSPS) is 21.5. The van der Waals surface area contributed by atoms with Crippen molar-refractivity contribution in [3.8, 4) is 0 Å². The Balaban J connectivity index is 2.78. The van der Waals surface area contributed by atoms with Crippen LogP contribution in [0.5, 0.6) is 0 Å². The summed E-state index contributed by atoms with van der Waals surface area (Å²) in [5.74, 6) is -17.8. The van der Waals surface area contributed by atoms with E-state index in [4.69, 9.17) is 0 Å². The number of hydrogen-bond donors (Lipinski definition) is 0. The molecule has 2 nitrogen and oxygen atoms in total. The number of nitrogens with zero attached hydrogens (tertiary/aromatic N) is 1. The Labute approximate surface area is 129 Å². The third-order valence-corrected chi connectivity index (χ3v) is 4.37. The number of rotatable bonds is 7. The number of quaternary nitrogens is 1. The van der Waals surface area contributed by atoms with E-state index in [9.17, 15) is 35.1 Å². The van der Waals surface area contributed by atoms with E-state index < -0.39 is 37.0 Å². The molecule has 10 heteroatoms. The first-order valence-electron chi connectivity index (χ1n) is 7.15. The van der Waals surface area contributed by atoms with E-state index in [1.54, 1.807) is 7.05 Å². The van der Waals surface area contributed by atoms with Gasteiger partial charge in [0.15, 0.2) is 6.23 Å². The molecule has 1 heterocycles. The van der Waals surface area contributed by atoms with Crippen LogP contribution in [-0.4, -0.2) is 61.6 Å². The molecule has 23 heavy (non-hydrogen) atoms. The highest BCUT2D eigenvalue weighted by Crippen LogP contribution is 2.48. The zero-order chi connectivity index (χ0) is 18.1. The van der Waals surface area contributed by atoms with Gasteiger partial charge in [-0.2, -0.15) is 26.3 Å². The molecule has 1 rings (SSSR count). The minimum absolute atomic E-state index is 0.174. The summed E-state index contributed by atoms with van der Waals surface area (Å²) >= 11 is 0. The molecule has 0 spiro atoms. The van der Waals surface area contributed by atoms with Gasteiger partial charge in [-0.25, -0.2) is 8.78 Å². The number of halogens is 8. The van der Waals surface area contributed by atoms with E-state index in [1.807, 2.05) is 0 Å². The van der Waals surface area contributed by atoms with Crippen LogP contribution in [0, 0.1) is 0 Å². The molecule has 0 saturated carbocycles. The standard InChI is InChI=1S/C13H20F8NO/c1-9(22(2)6-4-3-5-7-22)23-8-11(16,17)13(20,21)12(18,19)10(14)15/h9-10H,3-8H2,1-2H3/q+1. The predicted molar refractivity (Wildman–Crippen MR) is 66.0 cm³/mol. The van der Waals surface area contributed by atoms with E-state index in [1.165, 1.54) is 6.92 Å². The van der Waals surface area contributed by atoms with Crippen LogP contribution in [0.3, 0.4) is 0 Å². The highest BCUT2D eigenvalue weighted by atomic mass is 19.4. The van der Waals surface area contributed by atoms with Crippen LogP contribution in [0.2, 0.25) is 0 Å². The lowest BCUT2D eigenvalue weighted by atomic mass is 10.1. The summed E-state index contributed by atoms with van der Waals surface area (Å²) in [6, 6.07) is 0. The maximum Gasteiger partial charge on any atom is 0.380 e. The Morgan fingerprint density at radius 3 is 1.87 bits per heavy atom. The number of hydrogen-bond acceptors (Lipinski definition) is 1. The van der Waals surface area contributed by atoms with Gasteiger partial charge < -0.3 is 9.22 Å². The molecule has 138 valence electrons. The van der Waals surface area contributed by atoms with Crippen molar-refractivity contribution in [2.75, 3.05) is 26.7 Å². The average Bonchev–Trinajstić information content (AvgIpc) is 2.44. The first-order valence-corrected chi connectivity index (χ1v) is 7.15. The first-order chi connectivity index (χ1) is 10.3. The molecule has 0 aromatic rings. The van der Waals surface area contributed by atoms with E-state index >= 15 is 0 Å². The van der Waals surface area contributed by atoms with Gasteiger partial charge in [-0.05, 0) is 19.3 Å². The summed E-state index contributed by atoms with van der Waals surface area (Å²) in [5.41, 5.74) is 0. The zero-order valence-corrected chi connectivity index (χ0v) is 12.8. The third-order valence-electron chi connectivity index (χ3n) is 4.37. The van der Waals surface area contributed by atoms with E-state index in [0.717, 1.165) is 19.3 Å². The Morgan fingerprint density at radius 1 is 0.957 bits per heavy atom. The van der Waals surface area contributed by atoms with Crippen LogP contribution >= 0.6 is 0 Å². The third kappa shape index (κ3) is 3.89. The van der Waals surface area contributed by atoms with Gasteiger partial charge in [0.2, 0.25) is 0 Å². The Kier molecular flexibility index (Phi) is 5.94. The maximum absolute atomic E-state index is 13.4. The number of ether oxygens (including phenoxy) is 1. The molecule has 1 unspecified atom stereocenters. The summed E-state index contributed by atoms with van der Waals surface area (Å²) in [7, 11) is 1.67. The Bertz CT molecular complexity index is 395. The van der Waals surface area contributed by atoms with Crippen molar-refractivity contribution in [2.45, 2.75) is 56.6 Å². The van der Waals surface area contributed by atoms with Crippen LogP contribution in [0.15, 0.2) is 0 Å². The SMILES string of the molecule is CC(OCC(F)(F)C(F)(F)C(F)(F)C(F)F)[N+]1(C)CCCCC1. The lowest BCUT2D eigenvalue weighted by molar-refractivity contribution is -0.957. The lowest BCUT2D eigenvalue weighted by Crippen LogP contribution is -2.61. The molecule has 0 aliphatic carbocycles. The lowest BCUT2D eigenvalue weighted by Gasteiger charge is -2.42. The highest BCUT2D eigenvalue weighted by Gasteiger charge is 2.75. The average molecular weight is 358 g/mol. The second kappa shape index (κ2) is 6.70. The fourth-order valence-corrected chi connectivity index (χ4v) is 2.47. The molecular formula is C13H20F8NO+. The topological polar surface area (TPSA) is 9.23 Å². The van der Waals surface area contributed by atoms with Crippen LogP contribution in [0.1, 0.15) is 26.2 Å². The predicted octanol–water partition coefficient (Wildman–Crippen LogP) is 4.15. The summed E-state index contributed by atoms with van der Waals surface area (Å²) in [6.45, 7) is 0.439. The fraction of sp³-hybridized carbons (Fsp3) is 1.00. The van der Waals surface area contributed by atoms with Gasteiger partial charge in [0.1, 0.15) is 6.61 Å². The molecule has 1 saturated heterocycles. The molecular weight excluding hydrogens is 338 g/mol. The molecule has 1 aliphatic heterocycles. The van der Waals surface area contributed by atoms with Crippen molar-refractivity contribution < 1.29 is 44.3 Å². The van der Waals surface area contributed by atoms with Crippen LogP contribution in [-0.2, 0) is 4.74 Å². The molecule has 0 N–H and O–H groups in total. The summed E-state index contributed by atoms with van der Waals surface area (Å²) in [6.07, 6.45) is -3.33. The van der Waals surface area contributed by atoms with Gasteiger partial charge in [0.25, 0.3) is 0 Å². The van der Waals surface area contributed by atoms with E-state index in [-0.39, 0.29) is 4.48 Å². The fourth-order valence-electron chi connectivity index (χ4n) is 2.47. The minimum Gasteiger partial charge on any atom is -0.323 e. The molecule has 0 amide bonds. The van der Waals surface area contributed by atoms with Gasteiger partial charge in [0.05, 0.1) is 20.1 Å². The molecule has 0 aromatic heterocycles. The van der Waals surface area contributed by atoms with Crippen molar-refractivity contribution in [1.82, 2.24) is 0 Å². The van der Waals surface area contributed by atoms with Gasteiger partial charge in [-0.15, -0.1) is 0 Å². The van der Waals surface area contributed by atoms with Gasteiger partial charge in [-0.3, -0.25) is 0 Å². The largest absolute Gasteiger partial charge is 0.380 e. The molecule has 1 fully saturated rings. The van der Waals surface area contributed by atoms with E-state index in [0.29, 0.717) is 13.1 Å². The number of alkyl halides is 8. The monoisotopic (exact) mass is 358 g/mol. The first kappa shape index (κ1) is 20.4. The molecule has 1 atom stereocenters. The van der Waals surface area contributed by atoms with Crippen LogP contribution in [0.25, 0.3) is 0 Å². The molecule has 0 radical (unpaired) electrons. The Hall–Kier alpha value is -0.640. The maximum atomic E-state index is 13.4.